The Morgan fingerprint density at radius 3 is 2.53 bits per heavy atom. The molecule has 0 heterocycles. The summed E-state index contributed by atoms with van der Waals surface area (Å²) in [7, 11) is 1.66. The molecule has 3 aliphatic rings. The number of halogens is 2. The largest absolute Gasteiger partial charge is 0.495 e. The van der Waals surface area contributed by atoms with Crippen molar-refractivity contribution in [3.63, 3.8) is 0 Å². The van der Waals surface area contributed by atoms with E-state index < -0.39 is 0 Å². The first kappa shape index (κ1) is 12.5. The van der Waals surface area contributed by atoms with Gasteiger partial charge in [0, 0.05) is 4.83 Å². The maximum Gasteiger partial charge on any atom is 0.137 e. The number of hydrogen-bond donors (Lipinski definition) is 0. The van der Waals surface area contributed by atoms with Crippen LogP contribution in [0, 0.1) is 29.6 Å². The van der Waals surface area contributed by atoms with E-state index in [1.807, 2.05) is 6.07 Å². The van der Waals surface area contributed by atoms with Crippen molar-refractivity contribution in [2.75, 3.05) is 7.11 Å². The van der Waals surface area contributed by atoms with Gasteiger partial charge in [-0.2, -0.15) is 0 Å². The van der Waals surface area contributed by atoms with Crippen molar-refractivity contribution >= 4 is 27.5 Å². The number of ether oxygens (including phenoxy) is 1. The first-order chi connectivity index (χ1) is 9.20. The highest BCUT2D eigenvalue weighted by atomic mass is 79.9. The lowest BCUT2D eigenvalue weighted by Crippen LogP contribution is -2.04. The van der Waals surface area contributed by atoms with Crippen LogP contribution in [-0.2, 0) is 0 Å². The molecule has 1 aromatic carbocycles. The minimum absolute atomic E-state index is 0.467. The van der Waals surface area contributed by atoms with Crippen molar-refractivity contribution < 1.29 is 4.74 Å². The van der Waals surface area contributed by atoms with E-state index in [0.717, 1.165) is 40.4 Å². The van der Waals surface area contributed by atoms with Crippen LogP contribution in [0.3, 0.4) is 0 Å². The van der Waals surface area contributed by atoms with Gasteiger partial charge in [0.05, 0.1) is 12.1 Å². The fourth-order valence-electron chi connectivity index (χ4n) is 4.86. The van der Waals surface area contributed by atoms with Crippen molar-refractivity contribution in [1.82, 2.24) is 0 Å². The molecule has 0 saturated heterocycles. The summed E-state index contributed by atoms with van der Waals surface area (Å²) in [6.07, 6.45) is 4.46. The summed E-state index contributed by atoms with van der Waals surface area (Å²) in [5.74, 6) is 5.63. The molecule has 3 heteroatoms. The maximum absolute atomic E-state index is 6.24. The molecule has 0 amide bonds. The van der Waals surface area contributed by atoms with Crippen LogP contribution in [0.2, 0.25) is 5.02 Å². The lowest BCUT2D eigenvalue weighted by Gasteiger charge is -2.16. The van der Waals surface area contributed by atoms with Crippen LogP contribution in [0.25, 0.3) is 0 Å². The molecule has 3 saturated carbocycles. The van der Waals surface area contributed by atoms with E-state index in [4.69, 9.17) is 16.3 Å². The highest BCUT2D eigenvalue weighted by Gasteiger charge is 2.66. The molecule has 0 aromatic heterocycles. The first-order valence-electron chi connectivity index (χ1n) is 7.18. The third-order valence-electron chi connectivity index (χ3n) is 5.63. The van der Waals surface area contributed by atoms with E-state index >= 15 is 0 Å². The smallest absolute Gasteiger partial charge is 0.137 e. The zero-order valence-corrected chi connectivity index (χ0v) is 13.3. The summed E-state index contributed by atoms with van der Waals surface area (Å²) in [4.78, 5) is 0.467. The minimum Gasteiger partial charge on any atom is -0.495 e. The fourth-order valence-corrected chi connectivity index (χ4v) is 6.12. The van der Waals surface area contributed by atoms with Crippen molar-refractivity contribution in [1.29, 1.82) is 0 Å². The summed E-state index contributed by atoms with van der Waals surface area (Å²) >= 11 is 10.2. The highest BCUT2D eigenvalue weighted by molar-refractivity contribution is 9.09. The predicted molar refractivity (Wildman–Crippen MR) is 81.0 cm³/mol. The summed E-state index contributed by atoms with van der Waals surface area (Å²) in [6.45, 7) is 0. The van der Waals surface area contributed by atoms with Gasteiger partial charge in [0.2, 0.25) is 0 Å². The van der Waals surface area contributed by atoms with Crippen LogP contribution >= 0.6 is 27.5 Å². The normalized spacial score (nSPS) is 40.1. The number of benzene rings is 1. The Morgan fingerprint density at radius 2 is 1.95 bits per heavy atom. The summed E-state index contributed by atoms with van der Waals surface area (Å²) in [5, 5.41) is 0.721. The second-order valence-electron chi connectivity index (χ2n) is 6.36. The van der Waals surface area contributed by atoms with E-state index in [0.29, 0.717) is 4.83 Å². The molecular weight excluding hydrogens is 324 g/mol. The molecule has 1 nitrogen and oxygen atoms in total. The number of hydrogen-bond acceptors (Lipinski definition) is 1. The fraction of sp³-hybridized carbons (Fsp3) is 0.625. The average molecular weight is 342 g/mol. The topological polar surface area (TPSA) is 9.23 Å². The van der Waals surface area contributed by atoms with Gasteiger partial charge in [-0.3, -0.25) is 0 Å². The van der Waals surface area contributed by atoms with E-state index in [2.05, 4.69) is 28.1 Å². The Hall–Kier alpha value is -0.210. The van der Waals surface area contributed by atoms with Gasteiger partial charge in [0.15, 0.2) is 0 Å². The lowest BCUT2D eigenvalue weighted by molar-refractivity contribution is 0.414. The molecule has 4 rings (SSSR count). The Bertz CT molecular complexity index is 501. The lowest BCUT2D eigenvalue weighted by atomic mass is 9.97. The quantitative estimate of drug-likeness (QED) is 0.697. The van der Waals surface area contributed by atoms with E-state index in [9.17, 15) is 0 Å². The maximum atomic E-state index is 6.24. The van der Waals surface area contributed by atoms with Crippen LogP contribution in [0.15, 0.2) is 18.2 Å². The summed E-state index contributed by atoms with van der Waals surface area (Å²) in [5.41, 5.74) is 1.31. The molecule has 19 heavy (non-hydrogen) atoms. The third-order valence-corrected chi connectivity index (χ3v) is 7.06. The zero-order valence-electron chi connectivity index (χ0n) is 11.0. The Morgan fingerprint density at radius 1 is 1.26 bits per heavy atom. The van der Waals surface area contributed by atoms with E-state index in [1.165, 1.54) is 24.8 Å². The predicted octanol–water partition coefficient (Wildman–Crippen LogP) is 5.08. The molecule has 0 N–H and O–H groups in total. The molecule has 1 aromatic rings. The highest BCUT2D eigenvalue weighted by Crippen LogP contribution is 2.73. The van der Waals surface area contributed by atoms with Gasteiger partial charge in [-0.05, 0) is 66.5 Å². The second-order valence-corrected chi connectivity index (χ2v) is 7.75. The van der Waals surface area contributed by atoms with Gasteiger partial charge in [0.25, 0.3) is 0 Å². The average Bonchev–Trinajstić information content (AvgIpc) is 2.85. The molecular formula is C16H18BrClO. The molecule has 5 unspecified atom stereocenters. The standard InChI is InChI=1S/C16H18BrClO/c1-19-12-5-4-10(7-11(12)18)16(17)15-13-8-2-3-9(6-8)14(13)15/h4-5,7-9,13-16H,2-3,6H2,1H3. The summed E-state index contributed by atoms with van der Waals surface area (Å²) < 4.78 is 5.23. The van der Waals surface area contributed by atoms with Crippen molar-refractivity contribution in [2.45, 2.75) is 24.1 Å². The molecule has 3 aliphatic carbocycles. The molecule has 5 atom stereocenters. The van der Waals surface area contributed by atoms with Gasteiger partial charge in [-0.15, -0.1) is 0 Å². The van der Waals surface area contributed by atoms with Crippen LogP contribution in [-0.4, -0.2) is 7.11 Å². The van der Waals surface area contributed by atoms with Gasteiger partial charge in [-0.25, -0.2) is 0 Å². The van der Waals surface area contributed by atoms with Crippen molar-refractivity contribution in [2.24, 2.45) is 29.6 Å². The Labute approximate surface area is 127 Å². The van der Waals surface area contributed by atoms with Crippen LogP contribution in [0.4, 0.5) is 0 Å². The molecule has 2 bridgehead atoms. The Balaban J connectivity index is 1.56. The molecule has 0 spiro atoms. The first-order valence-corrected chi connectivity index (χ1v) is 8.47. The number of rotatable bonds is 3. The van der Waals surface area contributed by atoms with Gasteiger partial charge < -0.3 is 4.74 Å². The number of fused-ring (bicyclic) bond motifs is 5. The number of alkyl halides is 1. The van der Waals surface area contributed by atoms with E-state index in [-0.39, 0.29) is 0 Å². The van der Waals surface area contributed by atoms with Crippen LogP contribution < -0.4 is 4.74 Å². The minimum atomic E-state index is 0.467. The monoisotopic (exact) mass is 340 g/mol. The van der Waals surface area contributed by atoms with Crippen molar-refractivity contribution in [3.8, 4) is 5.75 Å². The third kappa shape index (κ3) is 1.79. The van der Waals surface area contributed by atoms with E-state index in [1.54, 1.807) is 7.11 Å². The molecule has 102 valence electrons. The summed E-state index contributed by atoms with van der Waals surface area (Å²) in [6, 6.07) is 6.20. The Kier molecular flexibility index (Phi) is 2.90. The number of methoxy groups -OCH3 is 1. The second kappa shape index (κ2) is 4.39. The zero-order chi connectivity index (χ0) is 13.1. The molecule has 3 fully saturated rings. The van der Waals surface area contributed by atoms with Crippen LogP contribution in [0.5, 0.6) is 5.75 Å². The molecule has 0 radical (unpaired) electrons. The molecule has 0 aliphatic heterocycles. The van der Waals surface area contributed by atoms with Gasteiger partial charge in [-0.1, -0.05) is 33.6 Å². The van der Waals surface area contributed by atoms with Crippen molar-refractivity contribution in [3.05, 3.63) is 28.8 Å². The van der Waals surface area contributed by atoms with Gasteiger partial charge in [0.1, 0.15) is 5.75 Å². The van der Waals surface area contributed by atoms with Crippen LogP contribution in [0.1, 0.15) is 29.7 Å². The SMILES string of the molecule is COc1ccc(C(Br)C2C3C4CCC(C4)C32)cc1Cl. The van der Waals surface area contributed by atoms with Gasteiger partial charge >= 0.3 is 0 Å².